The molecule has 2 rings (SSSR count). The maximum atomic E-state index is 12.1. The van der Waals surface area contributed by atoms with Crippen molar-refractivity contribution in [2.75, 3.05) is 12.4 Å². The number of benzene rings is 1. The molecule has 12 nitrogen and oxygen atoms in total. The van der Waals surface area contributed by atoms with E-state index in [-0.39, 0.29) is 11.4 Å². The first-order valence-corrected chi connectivity index (χ1v) is 5.90. The van der Waals surface area contributed by atoms with E-state index < -0.39 is 38.8 Å². The number of nitro benzene ring substituents is 1. The SMILES string of the molecule is COc1n[nH]c(C(=O)Nc2cc([N+](=O)[O-])ccc2O)c1[N+](=O)[O-]. The second-order valence-corrected chi connectivity index (χ2v) is 4.13. The maximum Gasteiger partial charge on any atom is 0.362 e. The highest BCUT2D eigenvalue weighted by atomic mass is 16.6. The monoisotopic (exact) mass is 323 g/mol. The summed E-state index contributed by atoms with van der Waals surface area (Å²) in [6.07, 6.45) is 0. The van der Waals surface area contributed by atoms with Crippen LogP contribution in [0.15, 0.2) is 18.2 Å². The Morgan fingerprint density at radius 2 is 2.04 bits per heavy atom. The summed E-state index contributed by atoms with van der Waals surface area (Å²) in [6.45, 7) is 0. The van der Waals surface area contributed by atoms with Gasteiger partial charge in [0.2, 0.25) is 5.69 Å². The number of rotatable bonds is 5. The van der Waals surface area contributed by atoms with E-state index in [0.717, 1.165) is 25.3 Å². The average molecular weight is 323 g/mol. The van der Waals surface area contributed by atoms with Gasteiger partial charge in [-0.05, 0) is 6.07 Å². The summed E-state index contributed by atoms with van der Waals surface area (Å²) in [5.41, 5.74) is -1.89. The Kier molecular flexibility index (Phi) is 4.07. The van der Waals surface area contributed by atoms with Crippen LogP contribution in [0, 0.1) is 20.2 Å². The van der Waals surface area contributed by atoms with Crippen LogP contribution in [-0.2, 0) is 0 Å². The van der Waals surface area contributed by atoms with Crippen molar-refractivity contribution in [3.8, 4) is 11.6 Å². The van der Waals surface area contributed by atoms with Gasteiger partial charge in [0, 0.05) is 12.1 Å². The summed E-state index contributed by atoms with van der Waals surface area (Å²) in [5, 5.41) is 39.0. The molecular formula is C11H9N5O7. The van der Waals surface area contributed by atoms with Gasteiger partial charge in [-0.1, -0.05) is 0 Å². The number of hydrogen-bond acceptors (Lipinski definition) is 8. The molecule has 1 aromatic heterocycles. The minimum Gasteiger partial charge on any atom is -0.506 e. The molecule has 2 aromatic rings. The lowest BCUT2D eigenvalue weighted by Gasteiger charge is -2.05. The van der Waals surface area contributed by atoms with Gasteiger partial charge in [-0.3, -0.25) is 30.1 Å². The third kappa shape index (κ3) is 2.99. The number of amides is 1. The number of hydrogen-bond donors (Lipinski definition) is 3. The average Bonchev–Trinajstić information content (AvgIpc) is 2.93. The summed E-state index contributed by atoms with van der Waals surface area (Å²) >= 11 is 0. The second-order valence-electron chi connectivity index (χ2n) is 4.13. The first-order chi connectivity index (χ1) is 10.8. The zero-order valence-electron chi connectivity index (χ0n) is 11.5. The highest BCUT2D eigenvalue weighted by molar-refractivity contribution is 6.06. The van der Waals surface area contributed by atoms with Crippen LogP contribution in [0.4, 0.5) is 17.1 Å². The van der Waals surface area contributed by atoms with Crippen LogP contribution in [0.5, 0.6) is 11.6 Å². The van der Waals surface area contributed by atoms with Gasteiger partial charge in [-0.2, -0.15) is 0 Å². The fourth-order valence-corrected chi connectivity index (χ4v) is 1.71. The predicted molar refractivity (Wildman–Crippen MR) is 74.5 cm³/mol. The number of nitro groups is 2. The van der Waals surface area contributed by atoms with Crippen LogP contribution in [0.1, 0.15) is 10.5 Å². The van der Waals surface area contributed by atoms with Crippen molar-refractivity contribution in [1.82, 2.24) is 10.2 Å². The number of aromatic nitrogens is 2. The van der Waals surface area contributed by atoms with Crippen molar-refractivity contribution in [2.45, 2.75) is 0 Å². The van der Waals surface area contributed by atoms with Gasteiger partial charge in [0.15, 0.2) is 0 Å². The third-order valence-electron chi connectivity index (χ3n) is 2.75. The van der Waals surface area contributed by atoms with Crippen LogP contribution < -0.4 is 10.1 Å². The second kappa shape index (κ2) is 5.97. The molecule has 0 atom stereocenters. The van der Waals surface area contributed by atoms with E-state index in [1.807, 2.05) is 0 Å². The standard InChI is InChI=1S/C11H9N5O7/c1-23-11-9(16(21)22)8(13-14-11)10(18)12-6-4-5(15(19)20)2-3-7(6)17/h2-4,17H,1H3,(H,12,18)(H,13,14). The van der Waals surface area contributed by atoms with E-state index in [1.165, 1.54) is 0 Å². The Balaban J connectivity index is 2.37. The summed E-state index contributed by atoms with van der Waals surface area (Å²) in [6, 6.07) is 2.95. The van der Waals surface area contributed by atoms with Gasteiger partial charge in [0.05, 0.1) is 22.6 Å². The van der Waals surface area contributed by atoms with Gasteiger partial charge < -0.3 is 15.2 Å². The Hall–Kier alpha value is -3.70. The molecule has 23 heavy (non-hydrogen) atoms. The van der Waals surface area contributed by atoms with Gasteiger partial charge in [-0.15, -0.1) is 5.10 Å². The fraction of sp³-hybridized carbons (Fsp3) is 0.0909. The molecule has 0 aliphatic rings. The van der Waals surface area contributed by atoms with E-state index >= 15 is 0 Å². The number of nitrogens with zero attached hydrogens (tertiary/aromatic N) is 3. The molecule has 0 bridgehead atoms. The van der Waals surface area contributed by atoms with Crippen molar-refractivity contribution in [3.05, 3.63) is 44.1 Å². The molecular weight excluding hydrogens is 314 g/mol. The molecule has 1 heterocycles. The summed E-state index contributed by atoms with van der Waals surface area (Å²) < 4.78 is 4.66. The predicted octanol–water partition coefficient (Wildman–Crippen LogP) is 1.19. The first kappa shape index (κ1) is 15.7. The number of phenolic OH excluding ortho intramolecular Hbond substituents is 1. The maximum absolute atomic E-state index is 12.1. The van der Waals surface area contributed by atoms with Crippen LogP contribution >= 0.6 is 0 Å². The number of carbonyl (C=O) groups is 1. The van der Waals surface area contributed by atoms with Gasteiger partial charge in [0.1, 0.15) is 5.75 Å². The molecule has 0 fully saturated rings. The Labute approximate surface area is 127 Å². The minimum absolute atomic E-state index is 0.285. The fourth-order valence-electron chi connectivity index (χ4n) is 1.71. The number of anilines is 1. The van der Waals surface area contributed by atoms with Gasteiger partial charge in [0.25, 0.3) is 11.6 Å². The summed E-state index contributed by atoms with van der Waals surface area (Å²) in [5.74, 6) is -1.87. The largest absolute Gasteiger partial charge is 0.506 e. The van der Waals surface area contributed by atoms with Crippen LogP contribution in [0.2, 0.25) is 0 Å². The molecule has 1 aromatic carbocycles. The Morgan fingerprint density at radius 1 is 1.35 bits per heavy atom. The van der Waals surface area contributed by atoms with Crippen LogP contribution in [0.3, 0.4) is 0 Å². The molecule has 0 spiro atoms. The highest BCUT2D eigenvalue weighted by Gasteiger charge is 2.30. The lowest BCUT2D eigenvalue weighted by molar-refractivity contribution is -0.386. The Morgan fingerprint density at radius 3 is 2.61 bits per heavy atom. The molecule has 3 N–H and O–H groups in total. The number of phenols is 1. The zero-order chi connectivity index (χ0) is 17.1. The summed E-state index contributed by atoms with van der Waals surface area (Å²) in [7, 11) is 1.14. The van der Waals surface area contributed by atoms with Crippen molar-refractivity contribution in [3.63, 3.8) is 0 Å². The molecule has 12 heteroatoms. The first-order valence-electron chi connectivity index (χ1n) is 5.90. The van der Waals surface area contributed by atoms with E-state index in [0.29, 0.717) is 0 Å². The van der Waals surface area contributed by atoms with Crippen molar-refractivity contribution < 1.29 is 24.5 Å². The number of methoxy groups -OCH3 is 1. The number of non-ortho nitro benzene ring substituents is 1. The number of carbonyl (C=O) groups excluding carboxylic acids is 1. The lowest BCUT2D eigenvalue weighted by Crippen LogP contribution is -2.14. The third-order valence-corrected chi connectivity index (χ3v) is 2.75. The quantitative estimate of drug-likeness (QED) is 0.417. The minimum atomic E-state index is -1.02. The molecule has 1 amide bonds. The van der Waals surface area contributed by atoms with E-state index in [1.54, 1.807) is 0 Å². The zero-order valence-corrected chi connectivity index (χ0v) is 11.5. The number of nitrogens with one attached hydrogen (secondary N) is 2. The number of aromatic amines is 1. The van der Waals surface area contributed by atoms with Crippen LogP contribution in [-0.4, -0.2) is 38.2 Å². The van der Waals surface area contributed by atoms with E-state index in [2.05, 4.69) is 20.3 Å². The Bertz CT molecular complexity index is 800. The molecule has 0 aliphatic heterocycles. The number of ether oxygens (including phenoxy) is 1. The molecule has 0 aliphatic carbocycles. The van der Waals surface area contributed by atoms with Crippen molar-refractivity contribution in [2.24, 2.45) is 0 Å². The van der Waals surface area contributed by atoms with Crippen LogP contribution in [0.25, 0.3) is 0 Å². The number of H-pyrrole nitrogens is 1. The molecule has 120 valence electrons. The summed E-state index contributed by atoms with van der Waals surface area (Å²) in [4.78, 5) is 32.2. The van der Waals surface area contributed by atoms with Gasteiger partial charge in [-0.25, -0.2) is 0 Å². The normalized spacial score (nSPS) is 10.1. The molecule has 0 unspecified atom stereocenters. The lowest BCUT2D eigenvalue weighted by atomic mass is 10.2. The molecule has 0 saturated carbocycles. The molecule has 0 saturated heterocycles. The van der Waals surface area contributed by atoms with Crippen molar-refractivity contribution in [1.29, 1.82) is 0 Å². The molecule has 0 radical (unpaired) electrons. The van der Waals surface area contributed by atoms with Gasteiger partial charge >= 0.3 is 11.6 Å². The smallest absolute Gasteiger partial charge is 0.362 e. The van der Waals surface area contributed by atoms with E-state index in [9.17, 15) is 30.1 Å². The van der Waals surface area contributed by atoms with E-state index in [4.69, 9.17) is 0 Å². The topological polar surface area (TPSA) is 174 Å². The highest BCUT2D eigenvalue weighted by Crippen LogP contribution is 2.31. The number of aromatic hydroxyl groups is 1. The van der Waals surface area contributed by atoms with Crippen molar-refractivity contribution >= 4 is 23.0 Å².